The minimum atomic E-state index is -0.603. The van der Waals surface area contributed by atoms with E-state index in [0.717, 1.165) is 10.8 Å². The Balaban J connectivity index is 1.53. The van der Waals surface area contributed by atoms with Crippen LogP contribution in [0.15, 0.2) is 36.7 Å². The monoisotopic (exact) mass is 362 g/mol. The van der Waals surface area contributed by atoms with Gasteiger partial charge in [-0.15, -0.1) is 10.2 Å². The van der Waals surface area contributed by atoms with Gasteiger partial charge in [-0.3, -0.25) is 4.98 Å². The van der Waals surface area contributed by atoms with Crippen LogP contribution in [0.3, 0.4) is 0 Å². The lowest BCUT2D eigenvalue weighted by Crippen LogP contribution is -2.48. The Kier molecular flexibility index (Phi) is 3.59. The van der Waals surface area contributed by atoms with Gasteiger partial charge < -0.3 is 15.5 Å². The van der Waals surface area contributed by atoms with E-state index in [1.165, 1.54) is 18.4 Å². The van der Waals surface area contributed by atoms with Crippen LogP contribution in [-0.4, -0.2) is 37.0 Å². The van der Waals surface area contributed by atoms with Crippen molar-refractivity contribution in [2.45, 2.75) is 50.2 Å². The zero-order valence-electron chi connectivity index (χ0n) is 15.2. The number of hydrogen-bond donors (Lipinski definition) is 3. The Morgan fingerprint density at radius 3 is 2.63 bits per heavy atom. The molecule has 0 radical (unpaired) electrons. The molecular formula is C21H22N4O2. The molecule has 2 fully saturated rings. The van der Waals surface area contributed by atoms with Crippen LogP contribution >= 0.6 is 0 Å². The lowest BCUT2D eigenvalue weighted by Gasteiger charge is -2.41. The number of rotatable bonds is 4. The third-order valence-electron chi connectivity index (χ3n) is 5.62. The molecule has 0 unspecified atom stereocenters. The number of aromatic hydroxyl groups is 1. The van der Waals surface area contributed by atoms with Gasteiger partial charge in [0.2, 0.25) is 0 Å². The van der Waals surface area contributed by atoms with Gasteiger partial charge in [0.05, 0.1) is 5.60 Å². The summed E-state index contributed by atoms with van der Waals surface area (Å²) in [5, 5.41) is 34.4. The molecule has 0 aliphatic heterocycles. The molecule has 6 nitrogen and oxygen atoms in total. The van der Waals surface area contributed by atoms with E-state index in [4.69, 9.17) is 0 Å². The van der Waals surface area contributed by atoms with Crippen molar-refractivity contribution in [1.29, 1.82) is 0 Å². The van der Waals surface area contributed by atoms with Crippen molar-refractivity contribution in [3.63, 3.8) is 0 Å². The van der Waals surface area contributed by atoms with Crippen LogP contribution in [0.5, 0.6) is 5.75 Å². The second-order valence-electron chi connectivity index (χ2n) is 8.12. The molecule has 6 heteroatoms. The van der Waals surface area contributed by atoms with E-state index in [0.29, 0.717) is 35.8 Å². The maximum atomic E-state index is 10.6. The summed E-state index contributed by atoms with van der Waals surface area (Å²) in [7, 11) is 0. The average molecular weight is 362 g/mol. The molecule has 5 rings (SSSR count). The molecule has 0 saturated heterocycles. The van der Waals surface area contributed by atoms with Crippen molar-refractivity contribution in [3.8, 4) is 17.0 Å². The van der Waals surface area contributed by atoms with E-state index in [1.54, 1.807) is 12.4 Å². The molecule has 0 bridgehead atoms. The van der Waals surface area contributed by atoms with Crippen LogP contribution in [0.2, 0.25) is 0 Å². The van der Waals surface area contributed by atoms with E-state index in [-0.39, 0.29) is 11.8 Å². The highest BCUT2D eigenvalue weighted by Gasteiger charge is 2.38. The van der Waals surface area contributed by atoms with E-state index in [2.05, 4.69) is 26.6 Å². The molecule has 27 heavy (non-hydrogen) atoms. The SMILES string of the molecule is C[C@]1(O)C[C@@H](Nc2nnc(-c3ccc(C4CC4)cc3O)c3ccncc23)C1. The number of pyridine rings is 1. The zero-order valence-corrected chi connectivity index (χ0v) is 15.2. The van der Waals surface area contributed by atoms with Crippen LogP contribution in [0.4, 0.5) is 5.82 Å². The Hall–Kier alpha value is -2.73. The molecule has 0 amide bonds. The van der Waals surface area contributed by atoms with Crippen molar-refractivity contribution < 1.29 is 10.2 Å². The first-order valence-corrected chi connectivity index (χ1v) is 9.43. The van der Waals surface area contributed by atoms with Gasteiger partial charge in [0.1, 0.15) is 11.4 Å². The summed E-state index contributed by atoms with van der Waals surface area (Å²) in [4.78, 5) is 4.24. The van der Waals surface area contributed by atoms with Gasteiger partial charge in [-0.2, -0.15) is 0 Å². The van der Waals surface area contributed by atoms with Gasteiger partial charge in [0, 0.05) is 34.8 Å². The smallest absolute Gasteiger partial charge is 0.158 e. The minimum absolute atomic E-state index is 0.176. The maximum absolute atomic E-state index is 10.6. The average Bonchev–Trinajstić information content (AvgIpc) is 3.46. The number of nitrogens with zero attached hydrogens (tertiary/aromatic N) is 3. The first-order valence-electron chi connectivity index (χ1n) is 9.43. The van der Waals surface area contributed by atoms with Crippen molar-refractivity contribution in [2.75, 3.05) is 5.32 Å². The molecule has 1 aromatic carbocycles. The standard InChI is InChI=1S/C21H22N4O2/c1-21(27)9-14(10-21)23-20-17-11-22-7-6-15(17)19(24-25-20)16-5-4-13(8-18(16)26)12-2-3-12/h4-8,11-12,14,26-27H,2-3,9-10H2,1H3,(H,23,25)/t14-,21+. The number of phenolic OH excluding ortho intramolecular Hbond substituents is 1. The number of phenols is 1. The summed E-state index contributed by atoms with van der Waals surface area (Å²) in [5.74, 6) is 1.49. The normalized spacial score (nSPS) is 24.6. The first kappa shape index (κ1) is 16.4. The summed E-state index contributed by atoms with van der Waals surface area (Å²) in [6.07, 6.45) is 7.25. The third-order valence-corrected chi connectivity index (χ3v) is 5.62. The first-order chi connectivity index (χ1) is 13.0. The molecule has 2 heterocycles. The van der Waals surface area contributed by atoms with E-state index in [9.17, 15) is 10.2 Å². The van der Waals surface area contributed by atoms with Gasteiger partial charge in [0.25, 0.3) is 0 Å². The number of aliphatic hydroxyl groups is 1. The van der Waals surface area contributed by atoms with Crippen LogP contribution in [0.1, 0.15) is 44.1 Å². The summed E-state index contributed by atoms with van der Waals surface area (Å²) in [6, 6.07) is 7.93. The van der Waals surface area contributed by atoms with Crippen LogP contribution in [-0.2, 0) is 0 Å². The number of nitrogens with one attached hydrogen (secondary N) is 1. The molecule has 2 saturated carbocycles. The van der Waals surface area contributed by atoms with Gasteiger partial charge in [0.15, 0.2) is 5.82 Å². The lowest BCUT2D eigenvalue weighted by atomic mass is 9.77. The van der Waals surface area contributed by atoms with E-state index >= 15 is 0 Å². The molecule has 2 aliphatic carbocycles. The zero-order chi connectivity index (χ0) is 18.6. The van der Waals surface area contributed by atoms with Crippen LogP contribution < -0.4 is 5.32 Å². The molecule has 3 aromatic rings. The molecule has 2 aliphatic rings. The molecule has 0 atom stereocenters. The largest absolute Gasteiger partial charge is 0.507 e. The molecule has 0 spiro atoms. The summed E-state index contributed by atoms with van der Waals surface area (Å²) < 4.78 is 0. The highest BCUT2D eigenvalue weighted by atomic mass is 16.3. The van der Waals surface area contributed by atoms with Gasteiger partial charge in [-0.05, 0) is 62.3 Å². The second kappa shape index (κ2) is 5.89. The van der Waals surface area contributed by atoms with Crippen LogP contribution in [0.25, 0.3) is 22.0 Å². The lowest BCUT2D eigenvalue weighted by molar-refractivity contribution is -0.0235. The highest BCUT2D eigenvalue weighted by Crippen LogP contribution is 2.43. The second-order valence-corrected chi connectivity index (χ2v) is 8.12. The van der Waals surface area contributed by atoms with Gasteiger partial charge in [-0.1, -0.05) is 6.07 Å². The minimum Gasteiger partial charge on any atom is -0.507 e. The van der Waals surface area contributed by atoms with E-state index < -0.39 is 5.60 Å². The topological polar surface area (TPSA) is 91.2 Å². The van der Waals surface area contributed by atoms with Crippen LogP contribution in [0, 0.1) is 0 Å². The van der Waals surface area contributed by atoms with Gasteiger partial charge in [-0.25, -0.2) is 0 Å². The van der Waals surface area contributed by atoms with E-state index in [1.807, 2.05) is 25.1 Å². The quantitative estimate of drug-likeness (QED) is 0.657. The molecule has 138 valence electrons. The van der Waals surface area contributed by atoms with Crippen molar-refractivity contribution in [2.24, 2.45) is 0 Å². The maximum Gasteiger partial charge on any atom is 0.158 e. The van der Waals surface area contributed by atoms with Crippen molar-refractivity contribution in [3.05, 3.63) is 42.2 Å². The van der Waals surface area contributed by atoms with Crippen molar-refractivity contribution in [1.82, 2.24) is 15.2 Å². The third kappa shape index (κ3) is 3.00. The number of benzene rings is 1. The Labute approximate surface area is 157 Å². The Morgan fingerprint density at radius 1 is 1.11 bits per heavy atom. The fraction of sp³-hybridized carbons (Fsp3) is 0.381. The predicted molar refractivity (Wildman–Crippen MR) is 104 cm³/mol. The molecule has 3 N–H and O–H groups in total. The summed E-state index contributed by atoms with van der Waals surface area (Å²) >= 11 is 0. The molecule has 2 aromatic heterocycles. The molecular weight excluding hydrogens is 340 g/mol. The highest BCUT2D eigenvalue weighted by molar-refractivity contribution is 6.00. The summed E-state index contributed by atoms with van der Waals surface area (Å²) in [5.41, 5.74) is 1.92. The van der Waals surface area contributed by atoms with Gasteiger partial charge >= 0.3 is 0 Å². The number of hydrogen-bond acceptors (Lipinski definition) is 6. The number of anilines is 1. The summed E-state index contributed by atoms with van der Waals surface area (Å²) in [6.45, 7) is 1.84. The fourth-order valence-electron chi connectivity index (χ4n) is 4.02. The number of aromatic nitrogens is 3. The van der Waals surface area contributed by atoms with Crippen molar-refractivity contribution >= 4 is 16.6 Å². The Bertz CT molecular complexity index is 1020. The number of fused-ring (bicyclic) bond motifs is 1. The Morgan fingerprint density at radius 2 is 1.93 bits per heavy atom. The fourth-order valence-corrected chi connectivity index (χ4v) is 4.02. The predicted octanol–water partition coefficient (Wildman–Crippen LogP) is 3.60.